The second kappa shape index (κ2) is 7.53. The van der Waals surface area contributed by atoms with E-state index in [1.54, 1.807) is 26.0 Å². The molecule has 1 aromatic heterocycles. The van der Waals surface area contributed by atoms with Crippen molar-refractivity contribution >= 4 is 5.96 Å². The average Bonchev–Trinajstić information content (AvgIpc) is 2.91. The first-order chi connectivity index (χ1) is 10.6. The van der Waals surface area contributed by atoms with Crippen molar-refractivity contribution < 1.29 is 8.91 Å². The van der Waals surface area contributed by atoms with E-state index in [1.807, 2.05) is 6.92 Å². The number of benzene rings is 1. The molecule has 118 valence electrons. The Bertz CT molecular complexity index is 653. The van der Waals surface area contributed by atoms with Gasteiger partial charge >= 0.3 is 0 Å². The first-order valence-electron chi connectivity index (χ1n) is 7.15. The van der Waals surface area contributed by atoms with E-state index < -0.39 is 0 Å². The number of guanidine groups is 1. The lowest BCUT2D eigenvalue weighted by Crippen LogP contribution is -2.36. The van der Waals surface area contributed by atoms with Gasteiger partial charge in [0.1, 0.15) is 5.82 Å². The molecule has 0 bridgehead atoms. The maximum Gasteiger partial charge on any atom is 0.246 e. The summed E-state index contributed by atoms with van der Waals surface area (Å²) in [4.78, 5) is 8.58. The summed E-state index contributed by atoms with van der Waals surface area (Å²) in [5, 5.41) is 9.98. The SMILES string of the molecule is CCNC(=NCc1ccc(F)c(C)c1)NCc1nc(C)no1. The molecule has 0 saturated carbocycles. The Hall–Kier alpha value is -2.44. The first kappa shape index (κ1) is 15.9. The Morgan fingerprint density at radius 3 is 2.77 bits per heavy atom. The van der Waals surface area contributed by atoms with Crippen molar-refractivity contribution in [2.45, 2.75) is 33.9 Å². The highest BCUT2D eigenvalue weighted by Gasteiger charge is 2.04. The van der Waals surface area contributed by atoms with Crippen molar-refractivity contribution in [3.05, 3.63) is 46.9 Å². The van der Waals surface area contributed by atoms with Gasteiger partial charge in [0.05, 0.1) is 13.1 Å². The van der Waals surface area contributed by atoms with Crippen molar-refractivity contribution in [1.29, 1.82) is 0 Å². The average molecular weight is 305 g/mol. The third-order valence-electron chi connectivity index (χ3n) is 2.96. The highest BCUT2D eigenvalue weighted by atomic mass is 19.1. The van der Waals surface area contributed by atoms with Crippen LogP contribution >= 0.6 is 0 Å². The number of hydrogen-bond acceptors (Lipinski definition) is 4. The maximum absolute atomic E-state index is 13.2. The fourth-order valence-corrected chi connectivity index (χ4v) is 1.89. The molecule has 0 amide bonds. The Morgan fingerprint density at radius 1 is 1.32 bits per heavy atom. The summed E-state index contributed by atoms with van der Waals surface area (Å²) in [6, 6.07) is 4.99. The third kappa shape index (κ3) is 4.54. The summed E-state index contributed by atoms with van der Waals surface area (Å²) in [7, 11) is 0. The van der Waals surface area contributed by atoms with Crippen LogP contribution in [0.3, 0.4) is 0 Å². The molecule has 1 aromatic carbocycles. The molecule has 0 aliphatic heterocycles. The predicted octanol–water partition coefficient (Wildman–Crippen LogP) is 2.08. The summed E-state index contributed by atoms with van der Waals surface area (Å²) >= 11 is 0. The number of aromatic nitrogens is 2. The molecule has 0 saturated heterocycles. The highest BCUT2D eigenvalue weighted by Crippen LogP contribution is 2.10. The monoisotopic (exact) mass is 305 g/mol. The summed E-state index contributed by atoms with van der Waals surface area (Å²) in [6.07, 6.45) is 0. The predicted molar refractivity (Wildman–Crippen MR) is 81.8 cm³/mol. The van der Waals surface area contributed by atoms with E-state index in [-0.39, 0.29) is 5.82 Å². The molecule has 22 heavy (non-hydrogen) atoms. The lowest BCUT2D eigenvalue weighted by molar-refractivity contribution is 0.371. The number of hydrogen-bond donors (Lipinski definition) is 2. The summed E-state index contributed by atoms with van der Waals surface area (Å²) in [5.41, 5.74) is 1.57. The van der Waals surface area contributed by atoms with Crippen LogP contribution in [0.2, 0.25) is 0 Å². The van der Waals surface area contributed by atoms with E-state index in [9.17, 15) is 4.39 Å². The van der Waals surface area contributed by atoms with E-state index in [0.29, 0.717) is 36.3 Å². The van der Waals surface area contributed by atoms with Crippen molar-refractivity contribution in [3.63, 3.8) is 0 Å². The van der Waals surface area contributed by atoms with Crippen LogP contribution in [0.1, 0.15) is 29.8 Å². The number of rotatable bonds is 5. The number of halogens is 1. The van der Waals surface area contributed by atoms with Gasteiger partial charge in [-0.1, -0.05) is 17.3 Å². The zero-order chi connectivity index (χ0) is 15.9. The number of aliphatic imine (C=N–C) groups is 1. The molecule has 2 rings (SSSR count). The normalized spacial score (nSPS) is 11.5. The molecule has 0 aliphatic carbocycles. The molecule has 0 fully saturated rings. The topological polar surface area (TPSA) is 75.3 Å². The summed E-state index contributed by atoms with van der Waals surface area (Å²) in [6.45, 7) is 7.08. The van der Waals surface area contributed by atoms with Crippen molar-refractivity contribution in [1.82, 2.24) is 20.8 Å². The van der Waals surface area contributed by atoms with Gasteiger partial charge in [0, 0.05) is 6.54 Å². The fraction of sp³-hybridized carbons (Fsp3) is 0.400. The molecule has 0 radical (unpaired) electrons. The largest absolute Gasteiger partial charge is 0.357 e. The Morgan fingerprint density at radius 2 is 2.14 bits per heavy atom. The molecule has 1 heterocycles. The molecular weight excluding hydrogens is 285 g/mol. The van der Waals surface area contributed by atoms with Crippen molar-refractivity contribution in [2.24, 2.45) is 4.99 Å². The van der Waals surface area contributed by atoms with E-state index in [2.05, 4.69) is 25.8 Å². The third-order valence-corrected chi connectivity index (χ3v) is 2.96. The quantitative estimate of drug-likeness (QED) is 0.653. The lowest BCUT2D eigenvalue weighted by atomic mass is 10.1. The van der Waals surface area contributed by atoms with Gasteiger partial charge in [0.2, 0.25) is 5.89 Å². The molecule has 7 heteroatoms. The van der Waals surface area contributed by atoms with E-state index in [4.69, 9.17) is 4.52 Å². The van der Waals surface area contributed by atoms with E-state index >= 15 is 0 Å². The minimum Gasteiger partial charge on any atom is -0.357 e. The van der Waals surface area contributed by atoms with Crippen LogP contribution in [-0.4, -0.2) is 22.6 Å². The summed E-state index contributed by atoms with van der Waals surface area (Å²) in [5.74, 6) is 1.53. The minimum absolute atomic E-state index is 0.204. The van der Waals surface area contributed by atoms with Gasteiger partial charge in [-0.15, -0.1) is 0 Å². The Balaban J connectivity index is 1.98. The second-order valence-corrected chi connectivity index (χ2v) is 4.87. The zero-order valence-electron chi connectivity index (χ0n) is 13.0. The van der Waals surface area contributed by atoms with E-state index in [1.165, 1.54) is 6.07 Å². The number of nitrogens with zero attached hydrogens (tertiary/aromatic N) is 3. The molecule has 0 aliphatic rings. The number of nitrogens with one attached hydrogen (secondary N) is 2. The second-order valence-electron chi connectivity index (χ2n) is 4.87. The van der Waals surface area contributed by atoms with E-state index in [0.717, 1.165) is 12.1 Å². The molecule has 2 aromatic rings. The number of aryl methyl sites for hydroxylation is 2. The summed E-state index contributed by atoms with van der Waals surface area (Å²) < 4.78 is 18.3. The molecule has 2 N–H and O–H groups in total. The minimum atomic E-state index is -0.204. The van der Waals surface area contributed by atoms with Crippen LogP contribution in [0, 0.1) is 19.7 Å². The van der Waals surface area contributed by atoms with Gasteiger partial charge in [-0.2, -0.15) is 4.98 Å². The molecule has 0 atom stereocenters. The van der Waals surface area contributed by atoms with Crippen LogP contribution < -0.4 is 10.6 Å². The fourth-order valence-electron chi connectivity index (χ4n) is 1.89. The standard InChI is InChI=1S/C15H20FN5O/c1-4-17-15(19-9-14-20-11(3)21-22-14)18-8-12-5-6-13(16)10(2)7-12/h5-7H,4,8-9H2,1-3H3,(H2,17,18,19). The van der Waals surface area contributed by atoms with Gasteiger partial charge < -0.3 is 15.2 Å². The van der Waals surface area contributed by atoms with Gasteiger partial charge in [0.25, 0.3) is 0 Å². The molecule has 6 nitrogen and oxygen atoms in total. The van der Waals surface area contributed by atoms with Crippen molar-refractivity contribution in [3.8, 4) is 0 Å². The smallest absolute Gasteiger partial charge is 0.246 e. The Kier molecular flexibility index (Phi) is 5.46. The van der Waals surface area contributed by atoms with Crippen LogP contribution in [0.5, 0.6) is 0 Å². The van der Waals surface area contributed by atoms with Gasteiger partial charge in [-0.25, -0.2) is 9.38 Å². The van der Waals surface area contributed by atoms with Gasteiger partial charge in [0.15, 0.2) is 11.8 Å². The molecule has 0 unspecified atom stereocenters. The van der Waals surface area contributed by atoms with Crippen LogP contribution in [-0.2, 0) is 13.1 Å². The van der Waals surface area contributed by atoms with Gasteiger partial charge in [-0.3, -0.25) is 0 Å². The highest BCUT2D eigenvalue weighted by molar-refractivity contribution is 5.79. The first-order valence-corrected chi connectivity index (χ1v) is 7.15. The maximum atomic E-state index is 13.2. The molecular formula is C15H20FN5O. The van der Waals surface area contributed by atoms with Gasteiger partial charge in [-0.05, 0) is 38.0 Å². The van der Waals surface area contributed by atoms with Crippen LogP contribution in [0.4, 0.5) is 4.39 Å². The zero-order valence-corrected chi connectivity index (χ0v) is 13.0. The van der Waals surface area contributed by atoms with Crippen LogP contribution in [0.25, 0.3) is 0 Å². The van der Waals surface area contributed by atoms with Crippen molar-refractivity contribution in [2.75, 3.05) is 6.54 Å². The molecule has 0 spiro atoms. The Labute approximate surface area is 128 Å². The van der Waals surface area contributed by atoms with Crippen LogP contribution in [0.15, 0.2) is 27.7 Å². The lowest BCUT2D eigenvalue weighted by Gasteiger charge is -2.09.